The van der Waals surface area contributed by atoms with Crippen molar-refractivity contribution in [3.8, 4) is 0 Å². The lowest BCUT2D eigenvalue weighted by Gasteiger charge is -2.17. The molecule has 0 spiro atoms. The first kappa shape index (κ1) is 21.7. The molecular formula is C20H19FN2O5S2. The van der Waals surface area contributed by atoms with Gasteiger partial charge < -0.3 is 15.1 Å². The number of carbonyl (C=O) groups is 2. The summed E-state index contributed by atoms with van der Waals surface area (Å²) in [7, 11) is -3.92. The molecule has 1 atom stereocenters. The van der Waals surface area contributed by atoms with E-state index >= 15 is 0 Å². The summed E-state index contributed by atoms with van der Waals surface area (Å²) >= 11 is 1.21. The van der Waals surface area contributed by atoms with Crippen LogP contribution in [-0.4, -0.2) is 33.3 Å². The molecule has 7 nitrogen and oxygen atoms in total. The van der Waals surface area contributed by atoms with Crippen molar-refractivity contribution in [1.82, 2.24) is 10.6 Å². The summed E-state index contributed by atoms with van der Waals surface area (Å²) in [6.45, 7) is -0.105. The van der Waals surface area contributed by atoms with Gasteiger partial charge in [-0.25, -0.2) is 12.8 Å². The number of rotatable bonds is 8. The van der Waals surface area contributed by atoms with E-state index in [-0.39, 0.29) is 18.0 Å². The number of hydrogen-bond acceptors (Lipinski definition) is 6. The lowest BCUT2D eigenvalue weighted by molar-refractivity contribution is -0.139. The van der Waals surface area contributed by atoms with Crippen LogP contribution in [0.2, 0.25) is 0 Å². The molecule has 0 saturated carbocycles. The Morgan fingerprint density at radius 2 is 1.77 bits per heavy atom. The molecule has 2 N–H and O–H groups in total. The first-order chi connectivity index (χ1) is 14.4. The molecule has 1 aromatic carbocycles. The van der Waals surface area contributed by atoms with Crippen LogP contribution in [-0.2, 0) is 25.8 Å². The van der Waals surface area contributed by atoms with Crippen molar-refractivity contribution in [2.45, 2.75) is 16.6 Å². The van der Waals surface area contributed by atoms with E-state index in [1.165, 1.54) is 29.7 Å². The fourth-order valence-corrected chi connectivity index (χ4v) is 5.51. The van der Waals surface area contributed by atoms with Crippen molar-refractivity contribution < 1.29 is 26.8 Å². The van der Waals surface area contributed by atoms with Crippen LogP contribution in [0.3, 0.4) is 0 Å². The van der Waals surface area contributed by atoms with E-state index in [9.17, 15) is 22.4 Å². The summed E-state index contributed by atoms with van der Waals surface area (Å²) in [5, 5.41) is 5.44. The van der Waals surface area contributed by atoms with Crippen LogP contribution in [0.1, 0.15) is 15.9 Å². The summed E-state index contributed by atoms with van der Waals surface area (Å²) in [6, 6.07) is 11.3. The van der Waals surface area contributed by atoms with E-state index < -0.39 is 32.7 Å². The lowest BCUT2D eigenvalue weighted by Crippen LogP contribution is -2.42. The lowest BCUT2D eigenvalue weighted by atomic mass is 10.3. The quantitative estimate of drug-likeness (QED) is 0.405. The second-order valence-corrected chi connectivity index (χ2v) is 9.41. The molecule has 30 heavy (non-hydrogen) atoms. The molecule has 0 aliphatic heterocycles. The van der Waals surface area contributed by atoms with Gasteiger partial charge in [-0.05, 0) is 47.8 Å². The fraction of sp³-hybridized carbons (Fsp3) is 0.200. The van der Waals surface area contributed by atoms with Gasteiger partial charge in [0.1, 0.15) is 16.8 Å². The largest absolute Gasteiger partial charge is 0.469 e. The van der Waals surface area contributed by atoms with E-state index in [2.05, 4.69) is 10.6 Å². The standard InChI is InChI=1S/C20H19FN2O5S2/c21-14-5-7-16(8-6-14)30(26,27)18(17-4-2-12-29-17)13-23-20(25)19(24)22-10-9-15-3-1-11-28-15/h1-8,11-12,18H,9-10,13H2,(H,22,24)(H,23,25)/t18-/m1/s1. The predicted octanol–water partition coefficient (Wildman–Crippen LogP) is 2.47. The number of carbonyl (C=O) groups excluding carboxylic acids is 2. The van der Waals surface area contributed by atoms with Crippen LogP contribution in [0.15, 0.2) is 69.5 Å². The average molecular weight is 451 g/mol. The van der Waals surface area contributed by atoms with Crippen LogP contribution < -0.4 is 10.6 Å². The minimum absolute atomic E-state index is 0.0700. The molecular weight excluding hydrogens is 431 g/mol. The first-order valence-corrected chi connectivity index (χ1v) is 11.4. The van der Waals surface area contributed by atoms with Crippen LogP contribution in [0, 0.1) is 5.82 Å². The fourth-order valence-electron chi connectivity index (χ4n) is 2.73. The molecule has 0 radical (unpaired) electrons. The van der Waals surface area contributed by atoms with Gasteiger partial charge in [0.25, 0.3) is 0 Å². The predicted molar refractivity (Wildman–Crippen MR) is 109 cm³/mol. The Kier molecular flexibility index (Phi) is 7.01. The van der Waals surface area contributed by atoms with Crippen LogP contribution >= 0.6 is 11.3 Å². The number of benzene rings is 1. The van der Waals surface area contributed by atoms with Gasteiger partial charge in [-0.1, -0.05) is 6.07 Å². The highest BCUT2D eigenvalue weighted by molar-refractivity contribution is 7.91. The Labute approximate surface area is 176 Å². The molecule has 0 fully saturated rings. The number of hydrogen-bond donors (Lipinski definition) is 2. The van der Waals surface area contributed by atoms with E-state index in [1.54, 1.807) is 29.6 Å². The summed E-state index contributed by atoms with van der Waals surface area (Å²) in [5.74, 6) is -1.70. The van der Waals surface area contributed by atoms with Crippen LogP contribution in [0.25, 0.3) is 0 Å². The number of halogens is 1. The van der Waals surface area contributed by atoms with Gasteiger partial charge in [0, 0.05) is 24.4 Å². The number of amides is 2. The third-order valence-electron chi connectivity index (χ3n) is 4.27. The topological polar surface area (TPSA) is 105 Å². The molecule has 2 aromatic heterocycles. The maximum atomic E-state index is 13.2. The highest BCUT2D eigenvalue weighted by Crippen LogP contribution is 2.31. The minimum atomic E-state index is -3.92. The normalized spacial score (nSPS) is 12.3. The molecule has 0 saturated heterocycles. The van der Waals surface area contributed by atoms with Crippen molar-refractivity contribution in [3.63, 3.8) is 0 Å². The Morgan fingerprint density at radius 3 is 2.40 bits per heavy atom. The zero-order valence-corrected chi connectivity index (χ0v) is 17.3. The van der Waals surface area contributed by atoms with Crippen LogP contribution in [0.4, 0.5) is 4.39 Å². The third-order valence-corrected chi connectivity index (χ3v) is 7.50. The van der Waals surface area contributed by atoms with Crippen molar-refractivity contribution in [2.75, 3.05) is 13.1 Å². The van der Waals surface area contributed by atoms with Gasteiger partial charge in [-0.2, -0.15) is 0 Å². The maximum absolute atomic E-state index is 13.2. The SMILES string of the molecule is O=C(NCCc1ccco1)C(=O)NC[C@H](c1cccs1)S(=O)(=O)c1ccc(F)cc1. The van der Waals surface area contributed by atoms with Crippen LogP contribution in [0.5, 0.6) is 0 Å². The van der Waals surface area contributed by atoms with Crippen molar-refractivity contribution in [2.24, 2.45) is 0 Å². The summed E-state index contributed by atoms with van der Waals surface area (Å²) in [4.78, 5) is 24.5. The second kappa shape index (κ2) is 9.68. The molecule has 10 heteroatoms. The van der Waals surface area contributed by atoms with Gasteiger partial charge in [-0.15, -0.1) is 11.3 Å². The van der Waals surface area contributed by atoms with Crippen molar-refractivity contribution in [1.29, 1.82) is 0 Å². The number of sulfone groups is 1. The molecule has 0 bridgehead atoms. The average Bonchev–Trinajstić information content (AvgIpc) is 3.42. The smallest absolute Gasteiger partial charge is 0.309 e. The van der Waals surface area contributed by atoms with Gasteiger partial charge in [0.05, 0.1) is 11.2 Å². The Hall–Kier alpha value is -2.98. The van der Waals surface area contributed by atoms with Crippen molar-refractivity contribution in [3.05, 3.63) is 76.6 Å². The van der Waals surface area contributed by atoms with E-state index in [0.29, 0.717) is 17.1 Å². The Balaban J connectivity index is 1.65. The van der Waals surface area contributed by atoms with E-state index in [0.717, 1.165) is 12.1 Å². The zero-order chi connectivity index (χ0) is 21.6. The number of thiophene rings is 1. The summed E-state index contributed by atoms with van der Waals surface area (Å²) in [6.07, 6.45) is 1.93. The molecule has 0 aliphatic rings. The molecule has 2 heterocycles. The van der Waals surface area contributed by atoms with Gasteiger partial charge >= 0.3 is 11.8 Å². The Morgan fingerprint density at radius 1 is 1.03 bits per heavy atom. The molecule has 3 aromatic rings. The second-order valence-electron chi connectivity index (χ2n) is 6.30. The molecule has 2 amide bonds. The highest BCUT2D eigenvalue weighted by Gasteiger charge is 2.31. The molecule has 0 aliphatic carbocycles. The first-order valence-electron chi connectivity index (χ1n) is 8.99. The monoisotopic (exact) mass is 450 g/mol. The third kappa shape index (κ3) is 5.33. The minimum Gasteiger partial charge on any atom is -0.469 e. The van der Waals surface area contributed by atoms with Gasteiger partial charge in [0.15, 0.2) is 9.84 Å². The molecule has 0 unspecified atom stereocenters. The van der Waals surface area contributed by atoms with E-state index in [1.807, 2.05) is 0 Å². The van der Waals surface area contributed by atoms with Crippen molar-refractivity contribution >= 4 is 33.0 Å². The summed E-state index contributed by atoms with van der Waals surface area (Å²) in [5.41, 5.74) is 0. The zero-order valence-electron chi connectivity index (χ0n) is 15.7. The summed E-state index contributed by atoms with van der Waals surface area (Å²) < 4.78 is 44.4. The highest BCUT2D eigenvalue weighted by atomic mass is 32.2. The van der Waals surface area contributed by atoms with E-state index in [4.69, 9.17) is 4.42 Å². The Bertz CT molecular complexity index is 1080. The number of nitrogens with one attached hydrogen (secondary N) is 2. The molecule has 3 rings (SSSR count). The molecule has 158 valence electrons. The maximum Gasteiger partial charge on any atom is 0.309 e. The van der Waals surface area contributed by atoms with Gasteiger partial charge in [0.2, 0.25) is 0 Å². The number of furan rings is 1. The van der Waals surface area contributed by atoms with Gasteiger partial charge in [-0.3, -0.25) is 9.59 Å².